The van der Waals surface area contributed by atoms with E-state index in [9.17, 15) is 8.42 Å². The minimum atomic E-state index is -3.57. The third-order valence-electron chi connectivity index (χ3n) is 2.35. The Hall–Kier alpha value is -0.870. The van der Waals surface area contributed by atoms with E-state index in [1.807, 2.05) is 6.07 Å². The zero-order valence-corrected chi connectivity index (χ0v) is 10.6. The molecule has 1 rings (SSSR count). The summed E-state index contributed by atoms with van der Waals surface area (Å²) < 4.78 is 28.6. The summed E-state index contributed by atoms with van der Waals surface area (Å²) in [5.74, 6) is 0. The van der Waals surface area contributed by atoms with Gasteiger partial charge in [-0.2, -0.15) is 8.42 Å². The van der Waals surface area contributed by atoms with Crippen LogP contribution in [0.25, 0.3) is 0 Å². The van der Waals surface area contributed by atoms with E-state index < -0.39 is 10.1 Å². The van der Waals surface area contributed by atoms with Crippen LogP contribution in [0.4, 0.5) is 0 Å². The van der Waals surface area contributed by atoms with Gasteiger partial charge in [0.2, 0.25) is 0 Å². The number of unbranched alkanes of at least 4 members (excludes halogenated alkanes) is 2. The largest absolute Gasteiger partial charge is 0.297 e. The molecule has 0 atom stereocenters. The average Bonchev–Trinajstić information content (AvgIpc) is 2.25. The Morgan fingerprint density at radius 1 is 1.19 bits per heavy atom. The van der Waals surface area contributed by atoms with Crippen molar-refractivity contribution in [2.75, 3.05) is 6.61 Å². The zero-order chi connectivity index (χ0) is 12.0. The van der Waals surface area contributed by atoms with Gasteiger partial charge in [-0.1, -0.05) is 38.0 Å². The van der Waals surface area contributed by atoms with Gasteiger partial charge in [-0.3, -0.25) is 4.18 Å². The van der Waals surface area contributed by atoms with Crippen LogP contribution < -0.4 is 0 Å². The molecule has 0 heterocycles. The van der Waals surface area contributed by atoms with E-state index in [2.05, 4.69) is 6.92 Å². The van der Waals surface area contributed by atoms with Crippen molar-refractivity contribution in [1.82, 2.24) is 0 Å². The summed E-state index contributed by atoms with van der Waals surface area (Å²) in [5.41, 5.74) is 0.720. The lowest BCUT2D eigenvalue weighted by Crippen LogP contribution is -2.09. The maximum absolute atomic E-state index is 11.8. The van der Waals surface area contributed by atoms with Crippen molar-refractivity contribution in [1.29, 1.82) is 0 Å². The summed E-state index contributed by atoms with van der Waals surface area (Å²) in [7, 11) is -3.57. The quantitative estimate of drug-likeness (QED) is 0.569. The van der Waals surface area contributed by atoms with Gasteiger partial charge in [-0.05, 0) is 25.0 Å². The van der Waals surface area contributed by atoms with Crippen LogP contribution in [0.1, 0.15) is 31.7 Å². The van der Waals surface area contributed by atoms with Crippen molar-refractivity contribution in [2.24, 2.45) is 0 Å². The number of hydrogen-bond donors (Lipinski definition) is 0. The van der Waals surface area contributed by atoms with Gasteiger partial charge < -0.3 is 0 Å². The van der Waals surface area contributed by atoms with Crippen LogP contribution in [0.2, 0.25) is 0 Å². The summed E-state index contributed by atoms with van der Waals surface area (Å²) in [6.07, 6.45) is 2.82. The van der Waals surface area contributed by atoms with E-state index in [0.29, 0.717) is 0 Å². The summed E-state index contributed by atoms with van der Waals surface area (Å²) in [6.45, 7) is 4.10. The Labute approximate surface area is 97.6 Å². The lowest BCUT2D eigenvalue weighted by Gasteiger charge is -2.07. The van der Waals surface area contributed by atoms with E-state index in [1.54, 1.807) is 25.1 Å². The first-order valence-electron chi connectivity index (χ1n) is 5.53. The summed E-state index contributed by atoms with van der Waals surface area (Å²) in [6, 6.07) is 6.85. The Morgan fingerprint density at radius 2 is 1.88 bits per heavy atom. The third kappa shape index (κ3) is 3.61. The van der Waals surface area contributed by atoms with Crippen LogP contribution >= 0.6 is 0 Å². The first kappa shape index (κ1) is 13.2. The molecule has 0 amide bonds. The highest BCUT2D eigenvalue weighted by molar-refractivity contribution is 7.86. The van der Waals surface area contributed by atoms with Gasteiger partial charge in [0.25, 0.3) is 10.1 Å². The molecule has 0 N–H and O–H groups in total. The number of benzene rings is 1. The summed E-state index contributed by atoms with van der Waals surface area (Å²) >= 11 is 0. The molecule has 0 aromatic heterocycles. The molecule has 0 radical (unpaired) electrons. The summed E-state index contributed by atoms with van der Waals surface area (Å²) in [4.78, 5) is 0.270. The number of rotatable bonds is 6. The van der Waals surface area contributed by atoms with Gasteiger partial charge in [0.1, 0.15) is 0 Å². The molecule has 1 aromatic carbocycles. The molecule has 0 saturated carbocycles. The Kier molecular flexibility index (Phi) is 4.96. The minimum Gasteiger partial charge on any atom is -0.266 e. The fourth-order valence-corrected chi connectivity index (χ4v) is 2.59. The Bertz CT molecular complexity index is 424. The predicted molar refractivity (Wildman–Crippen MR) is 63.8 cm³/mol. The molecular formula is C12H18O3S. The number of aryl methyl sites for hydroxylation is 1. The van der Waals surface area contributed by atoms with Crippen LogP contribution in [0, 0.1) is 6.92 Å². The fourth-order valence-electron chi connectivity index (χ4n) is 1.42. The van der Waals surface area contributed by atoms with Gasteiger partial charge in [-0.15, -0.1) is 0 Å². The van der Waals surface area contributed by atoms with Crippen molar-refractivity contribution >= 4 is 10.1 Å². The van der Waals surface area contributed by atoms with Crippen LogP contribution in [-0.4, -0.2) is 15.0 Å². The van der Waals surface area contributed by atoms with Crippen LogP contribution in [0.15, 0.2) is 29.2 Å². The monoisotopic (exact) mass is 242 g/mol. The second-order valence-corrected chi connectivity index (χ2v) is 5.33. The van der Waals surface area contributed by atoms with Crippen LogP contribution in [-0.2, 0) is 14.3 Å². The first-order chi connectivity index (χ1) is 7.58. The highest BCUT2D eigenvalue weighted by Crippen LogP contribution is 2.17. The van der Waals surface area contributed by atoms with E-state index in [4.69, 9.17) is 4.18 Å². The normalized spacial score (nSPS) is 11.6. The van der Waals surface area contributed by atoms with Crippen molar-refractivity contribution in [2.45, 2.75) is 38.0 Å². The average molecular weight is 242 g/mol. The zero-order valence-electron chi connectivity index (χ0n) is 9.77. The minimum absolute atomic E-state index is 0.268. The molecular weight excluding hydrogens is 224 g/mol. The second kappa shape index (κ2) is 6.01. The molecule has 0 aliphatic carbocycles. The van der Waals surface area contributed by atoms with Crippen molar-refractivity contribution in [3.05, 3.63) is 29.8 Å². The van der Waals surface area contributed by atoms with Crippen molar-refractivity contribution < 1.29 is 12.6 Å². The van der Waals surface area contributed by atoms with E-state index in [1.165, 1.54) is 0 Å². The molecule has 16 heavy (non-hydrogen) atoms. The second-order valence-electron chi connectivity index (χ2n) is 3.75. The highest BCUT2D eigenvalue weighted by Gasteiger charge is 2.16. The SMILES string of the molecule is CCCCCOS(=O)(=O)c1ccccc1C. The molecule has 0 spiro atoms. The van der Waals surface area contributed by atoms with Crippen LogP contribution in [0.5, 0.6) is 0 Å². The molecule has 0 saturated heterocycles. The van der Waals surface area contributed by atoms with Gasteiger partial charge in [0, 0.05) is 0 Å². The van der Waals surface area contributed by atoms with E-state index >= 15 is 0 Å². The fraction of sp³-hybridized carbons (Fsp3) is 0.500. The van der Waals surface area contributed by atoms with Gasteiger partial charge in [0.05, 0.1) is 11.5 Å². The maximum Gasteiger partial charge on any atom is 0.297 e. The first-order valence-corrected chi connectivity index (χ1v) is 6.94. The molecule has 0 bridgehead atoms. The van der Waals surface area contributed by atoms with Gasteiger partial charge in [-0.25, -0.2) is 0 Å². The lowest BCUT2D eigenvalue weighted by molar-refractivity contribution is 0.308. The predicted octanol–water partition coefficient (Wildman–Crippen LogP) is 2.89. The standard InChI is InChI=1S/C12H18O3S/c1-3-4-7-10-15-16(13,14)12-9-6-5-8-11(12)2/h5-6,8-9H,3-4,7,10H2,1-2H3. The van der Waals surface area contributed by atoms with Gasteiger partial charge in [0.15, 0.2) is 0 Å². The van der Waals surface area contributed by atoms with Gasteiger partial charge >= 0.3 is 0 Å². The molecule has 1 aromatic rings. The van der Waals surface area contributed by atoms with E-state index in [-0.39, 0.29) is 11.5 Å². The maximum atomic E-state index is 11.8. The summed E-state index contributed by atoms with van der Waals surface area (Å²) in [5, 5.41) is 0. The molecule has 0 aliphatic rings. The lowest BCUT2D eigenvalue weighted by atomic mass is 10.2. The van der Waals surface area contributed by atoms with Crippen molar-refractivity contribution in [3.8, 4) is 0 Å². The molecule has 4 heteroatoms. The van der Waals surface area contributed by atoms with Crippen molar-refractivity contribution in [3.63, 3.8) is 0 Å². The van der Waals surface area contributed by atoms with Crippen LogP contribution in [0.3, 0.4) is 0 Å². The highest BCUT2D eigenvalue weighted by atomic mass is 32.2. The van der Waals surface area contributed by atoms with E-state index in [0.717, 1.165) is 24.8 Å². The topological polar surface area (TPSA) is 43.4 Å². The molecule has 0 aliphatic heterocycles. The smallest absolute Gasteiger partial charge is 0.266 e. The molecule has 0 unspecified atom stereocenters. The molecule has 0 fully saturated rings. The molecule has 3 nitrogen and oxygen atoms in total. The molecule has 90 valence electrons. The Morgan fingerprint density at radius 3 is 2.50 bits per heavy atom. The third-order valence-corrected chi connectivity index (χ3v) is 3.82. The Balaban J connectivity index is 2.68. The number of hydrogen-bond acceptors (Lipinski definition) is 3.